The van der Waals surface area contributed by atoms with Crippen molar-refractivity contribution in [3.63, 3.8) is 0 Å². The highest BCUT2D eigenvalue weighted by atomic mass is 13.9. The summed E-state index contributed by atoms with van der Waals surface area (Å²) in [4.78, 5) is 0. The van der Waals surface area contributed by atoms with E-state index in [0.29, 0.717) is 0 Å². The van der Waals surface area contributed by atoms with Gasteiger partial charge in [0.05, 0.1) is 0 Å². The average molecular weight is 138 g/mol. The van der Waals surface area contributed by atoms with Crippen LogP contribution < -0.4 is 0 Å². The van der Waals surface area contributed by atoms with Gasteiger partial charge in [0, 0.05) is 0 Å². The van der Waals surface area contributed by atoms with E-state index >= 15 is 0 Å². The van der Waals surface area contributed by atoms with Gasteiger partial charge >= 0.3 is 0 Å². The highest BCUT2D eigenvalue weighted by Gasteiger charge is 1.79. The van der Waals surface area contributed by atoms with Crippen LogP contribution in [0.25, 0.3) is 0 Å². The zero-order valence-electron chi connectivity index (χ0n) is 6.22. The van der Waals surface area contributed by atoms with Crippen molar-refractivity contribution in [2.24, 2.45) is 0 Å². The van der Waals surface area contributed by atoms with Gasteiger partial charge in [-0.05, 0) is 18.9 Å². The van der Waals surface area contributed by atoms with Gasteiger partial charge in [-0.25, -0.2) is 0 Å². The lowest BCUT2D eigenvalue weighted by molar-refractivity contribution is 1.15. The molecule has 0 nitrogen and oxygen atoms in total. The molecule has 0 fully saturated rings. The van der Waals surface area contributed by atoms with Crippen LogP contribution in [0.2, 0.25) is 0 Å². The van der Waals surface area contributed by atoms with Gasteiger partial charge in [0.1, 0.15) is 0 Å². The summed E-state index contributed by atoms with van der Waals surface area (Å²) in [5.74, 6) is 0. The third-order valence-corrected chi connectivity index (χ3v) is 1.17. The summed E-state index contributed by atoms with van der Waals surface area (Å²) in [7, 11) is 0. The molecule has 0 spiro atoms. The first-order valence-electron chi connectivity index (χ1n) is 3.29. The molecule has 10 heavy (non-hydrogen) atoms. The van der Waals surface area contributed by atoms with Gasteiger partial charge in [-0.3, -0.25) is 0 Å². The molecule has 0 atom stereocenters. The Kier molecular flexibility index (Phi) is 9.82. The topological polar surface area (TPSA) is 0 Å². The molecule has 0 aromatic rings. The van der Waals surface area contributed by atoms with Gasteiger partial charge in [-0.15, -0.1) is 0 Å². The Balaban J connectivity index is 0. The molecule has 0 aromatic carbocycles. The second kappa shape index (κ2) is 8.22. The number of hydrogen-bond donors (Lipinski definition) is 0. The van der Waals surface area contributed by atoms with Crippen molar-refractivity contribution >= 4 is 0 Å². The largest absolute Gasteiger partial charge is 0.0988 e. The van der Waals surface area contributed by atoms with E-state index in [-0.39, 0.29) is 7.43 Å². The maximum atomic E-state index is 3.68. The summed E-state index contributed by atoms with van der Waals surface area (Å²) < 4.78 is 0. The Morgan fingerprint density at radius 1 is 1.50 bits per heavy atom. The maximum Gasteiger partial charge on any atom is -0.0308 e. The molecule has 0 aromatic heterocycles. The van der Waals surface area contributed by atoms with Crippen LogP contribution in [0.1, 0.15) is 27.7 Å². The number of allylic oxidation sites excluding steroid dienone is 5. The molecule has 0 aliphatic heterocycles. The van der Waals surface area contributed by atoms with Gasteiger partial charge in [-0.2, -0.15) is 0 Å². The molecule has 0 saturated carbocycles. The molecule has 0 heteroatoms. The van der Waals surface area contributed by atoms with E-state index in [9.17, 15) is 0 Å². The fourth-order valence-corrected chi connectivity index (χ4v) is 0.550. The lowest BCUT2D eigenvalue weighted by atomic mass is 10.2. The Hall–Kier alpha value is -0.780. The van der Waals surface area contributed by atoms with Crippen molar-refractivity contribution in [3.05, 3.63) is 36.5 Å². The van der Waals surface area contributed by atoms with Crippen molar-refractivity contribution in [3.8, 4) is 0 Å². The Bertz CT molecular complexity index is 127. The van der Waals surface area contributed by atoms with E-state index in [4.69, 9.17) is 0 Å². The van der Waals surface area contributed by atoms with Gasteiger partial charge < -0.3 is 0 Å². The summed E-state index contributed by atoms with van der Waals surface area (Å²) >= 11 is 0. The van der Waals surface area contributed by atoms with Crippen LogP contribution >= 0.6 is 0 Å². The van der Waals surface area contributed by atoms with Crippen molar-refractivity contribution in [2.45, 2.75) is 27.7 Å². The minimum absolute atomic E-state index is 0. The Labute approximate surface area is 65.0 Å². The van der Waals surface area contributed by atoms with Crippen LogP contribution in [0.15, 0.2) is 36.5 Å². The molecule has 0 unspecified atom stereocenters. The van der Waals surface area contributed by atoms with E-state index in [1.54, 1.807) is 0 Å². The first-order chi connectivity index (χ1) is 4.35. The second-order valence-electron chi connectivity index (χ2n) is 1.83. The molecule has 0 aliphatic rings. The summed E-state index contributed by atoms with van der Waals surface area (Å²) in [6.45, 7) is 7.81. The highest BCUT2D eigenvalue weighted by molar-refractivity contribution is 5.21. The van der Waals surface area contributed by atoms with E-state index in [2.05, 4.69) is 19.6 Å². The first-order valence-corrected chi connectivity index (χ1v) is 3.29. The molecular formula is C10H18. The average Bonchev–Trinajstić information content (AvgIpc) is 1.91. The van der Waals surface area contributed by atoms with Crippen molar-refractivity contribution < 1.29 is 0 Å². The number of rotatable bonds is 3. The van der Waals surface area contributed by atoms with Gasteiger partial charge in [0.2, 0.25) is 0 Å². The van der Waals surface area contributed by atoms with E-state index in [1.807, 2.05) is 25.2 Å². The van der Waals surface area contributed by atoms with Gasteiger partial charge in [0.25, 0.3) is 0 Å². The lowest BCUT2D eigenvalue weighted by Crippen LogP contribution is -1.69. The SMILES string of the molecule is C.C=C/C(=C\C=C/C)CC. The molecular weight excluding hydrogens is 120 g/mol. The lowest BCUT2D eigenvalue weighted by Gasteiger charge is -1.89. The van der Waals surface area contributed by atoms with Crippen molar-refractivity contribution in [2.75, 3.05) is 0 Å². The highest BCUT2D eigenvalue weighted by Crippen LogP contribution is 2.00. The van der Waals surface area contributed by atoms with Crippen LogP contribution in [0.5, 0.6) is 0 Å². The molecule has 58 valence electrons. The fraction of sp³-hybridized carbons (Fsp3) is 0.400. The summed E-state index contributed by atoms with van der Waals surface area (Å²) in [6, 6.07) is 0. The smallest absolute Gasteiger partial charge is 0.0308 e. The maximum absolute atomic E-state index is 3.68. The monoisotopic (exact) mass is 138 g/mol. The van der Waals surface area contributed by atoms with E-state index in [0.717, 1.165) is 6.42 Å². The molecule has 0 rings (SSSR count). The summed E-state index contributed by atoms with van der Waals surface area (Å²) in [6.07, 6.45) is 9.07. The van der Waals surface area contributed by atoms with Crippen molar-refractivity contribution in [1.29, 1.82) is 0 Å². The zero-order chi connectivity index (χ0) is 7.11. The standard InChI is InChI=1S/C9H14.CH4/c1-4-7-8-9(5-2)6-3;/h4-5,7-8H,2,6H2,1,3H3;1H4/b7-4-,9-8+;. The number of hydrogen-bond acceptors (Lipinski definition) is 0. The molecule has 0 N–H and O–H groups in total. The van der Waals surface area contributed by atoms with Crippen LogP contribution in [-0.2, 0) is 0 Å². The fourth-order valence-electron chi connectivity index (χ4n) is 0.550. The van der Waals surface area contributed by atoms with Crippen LogP contribution in [-0.4, -0.2) is 0 Å². The first kappa shape index (κ1) is 12.0. The molecule has 0 aliphatic carbocycles. The summed E-state index contributed by atoms with van der Waals surface area (Å²) in [5, 5.41) is 0. The minimum Gasteiger partial charge on any atom is -0.0988 e. The Morgan fingerprint density at radius 3 is 2.40 bits per heavy atom. The van der Waals surface area contributed by atoms with E-state index in [1.165, 1.54) is 5.57 Å². The van der Waals surface area contributed by atoms with Crippen LogP contribution in [0.4, 0.5) is 0 Å². The minimum atomic E-state index is 0. The Morgan fingerprint density at radius 2 is 2.10 bits per heavy atom. The van der Waals surface area contributed by atoms with Crippen LogP contribution in [0, 0.1) is 0 Å². The molecule has 0 bridgehead atoms. The van der Waals surface area contributed by atoms with Crippen LogP contribution in [0.3, 0.4) is 0 Å². The molecule has 0 amide bonds. The van der Waals surface area contributed by atoms with Gasteiger partial charge in [-0.1, -0.05) is 45.2 Å². The second-order valence-corrected chi connectivity index (χ2v) is 1.83. The zero-order valence-corrected chi connectivity index (χ0v) is 6.22. The predicted octanol–water partition coefficient (Wildman–Crippen LogP) is 3.72. The summed E-state index contributed by atoms with van der Waals surface area (Å²) in [5.41, 5.74) is 1.29. The normalized spacial score (nSPS) is 11.2. The molecule has 0 saturated heterocycles. The molecule has 0 radical (unpaired) electrons. The van der Waals surface area contributed by atoms with Crippen molar-refractivity contribution in [1.82, 2.24) is 0 Å². The predicted molar refractivity (Wildman–Crippen MR) is 50.1 cm³/mol. The van der Waals surface area contributed by atoms with E-state index < -0.39 is 0 Å². The molecule has 0 heterocycles. The third kappa shape index (κ3) is 5.36. The third-order valence-electron chi connectivity index (χ3n) is 1.17. The quantitative estimate of drug-likeness (QED) is 0.521. The van der Waals surface area contributed by atoms with Gasteiger partial charge in [0.15, 0.2) is 0 Å².